The van der Waals surface area contributed by atoms with E-state index in [4.69, 9.17) is 5.73 Å². The monoisotopic (exact) mass is 306 g/mol. The van der Waals surface area contributed by atoms with E-state index in [-0.39, 0.29) is 17.3 Å². The number of rotatable bonds is 5. The summed E-state index contributed by atoms with van der Waals surface area (Å²) in [5.74, 6) is 0.426. The average molecular weight is 306 g/mol. The molecule has 1 fully saturated rings. The molecule has 1 amide bonds. The van der Waals surface area contributed by atoms with Crippen LogP contribution in [-0.2, 0) is 0 Å². The summed E-state index contributed by atoms with van der Waals surface area (Å²) < 4.78 is 0. The number of benzene rings is 1. The number of amides is 1. The van der Waals surface area contributed by atoms with E-state index in [1.165, 1.54) is 12.1 Å². The van der Waals surface area contributed by atoms with Crippen LogP contribution in [-0.4, -0.2) is 41.9 Å². The van der Waals surface area contributed by atoms with Gasteiger partial charge in [-0.3, -0.25) is 14.9 Å². The minimum absolute atomic E-state index is 0.0749. The van der Waals surface area contributed by atoms with E-state index in [2.05, 4.69) is 12.2 Å². The molecule has 0 bridgehead atoms. The van der Waals surface area contributed by atoms with Crippen LogP contribution in [0.15, 0.2) is 18.2 Å². The number of nitrogens with one attached hydrogen (secondary N) is 1. The summed E-state index contributed by atoms with van der Waals surface area (Å²) in [6, 6.07) is 4.24. The number of nitro groups is 1. The highest BCUT2D eigenvalue weighted by Gasteiger charge is 2.25. The van der Waals surface area contributed by atoms with Crippen molar-refractivity contribution in [3.05, 3.63) is 33.9 Å². The molecule has 3 N–H and O–H groups in total. The second-order valence-corrected chi connectivity index (χ2v) is 5.57. The van der Waals surface area contributed by atoms with Gasteiger partial charge in [0.1, 0.15) is 5.69 Å². The Kier molecular flexibility index (Phi) is 5.32. The predicted molar refractivity (Wildman–Crippen MR) is 84.7 cm³/mol. The maximum atomic E-state index is 12.5. The highest BCUT2D eigenvalue weighted by Crippen LogP contribution is 2.24. The van der Waals surface area contributed by atoms with Gasteiger partial charge in [-0.15, -0.1) is 0 Å². The lowest BCUT2D eigenvalue weighted by Gasteiger charge is -2.32. The number of nitrogens with zero attached hydrogens (tertiary/aromatic N) is 2. The number of nitrogen functional groups attached to an aromatic ring is 1. The highest BCUT2D eigenvalue weighted by molar-refractivity contribution is 5.95. The molecule has 0 spiro atoms. The summed E-state index contributed by atoms with van der Waals surface area (Å²) in [7, 11) is 0. The molecule has 1 heterocycles. The van der Waals surface area contributed by atoms with Gasteiger partial charge < -0.3 is 16.0 Å². The highest BCUT2D eigenvalue weighted by atomic mass is 16.6. The number of anilines is 1. The quantitative estimate of drug-likeness (QED) is 0.489. The molecule has 7 heteroatoms. The number of nitrogens with two attached hydrogens (primary N) is 1. The fourth-order valence-electron chi connectivity index (χ4n) is 2.71. The van der Waals surface area contributed by atoms with Crippen LogP contribution in [0.5, 0.6) is 0 Å². The number of carbonyl (C=O) groups is 1. The van der Waals surface area contributed by atoms with E-state index in [0.29, 0.717) is 24.6 Å². The van der Waals surface area contributed by atoms with Gasteiger partial charge in [0.05, 0.1) is 4.92 Å². The van der Waals surface area contributed by atoms with Crippen molar-refractivity contribution in [3.8, 4) is 0 Å². The van der Waals surface area contributed by atoms with Gasteiger partial charge in [-0.05, 0) is 44.0 Å². The lowest BCUT2D eigenvalue weighted by atomic mass is 9.96. The number of hydrogen-bond acceptors (Lipinski definition) is 5. The molecule has 0 saturated carbocycles. The van der Waals surface area contributed by atoms with E-state index in [0.717, 1.165) is 25.9 Å². The molecular formula is C15H22N4O3. The summed E-state index contributed by atoms with van der Waals surface area (Å²) >= 11 is 0. The lowest BCUT2D eigenvalue weighted by Crippen LogP contribution is -2.40. The van der Waals surface area contributed by atoms with E-state index in [1.54, 1.807) is 11.0 Å². The van der Waals surface area contributed by atoms with Gasteiger partial charge in [0.2, 0.25) is 0 Å². The molecule has 1 aromatic carbocycles. The molecule has 0 aliphatic carbocycles. The molecule has 1 saturated heterocycles. The smallest absolute Gasteiger partial charge is 0.292 e. The maximum Gasteiger partial charge on any atom is 0.292 e. The van der Waals surface area contributed by atoms with Crippen molar-refractivity contribution < 1.29 is 9.72 Å². The van der Waals surface area contributed by atoms with Crippen LogP contribution in [0.2, 0.25) is 0 Å². The zero-order valence-electron chi connectivity index (χ0n) is 12.7. The van der Waals surface area contributed by atoms with Crippen LogP contribution in [0.3, 0.4) is 0 Å². The molecule has 1 aliphatic heterocycles. The Morgan fingerprint density at radius 3 is 2.73 bits per heavy atom. The second kappa shape index (κ2) is 7.22. The normalized spacial score (nSPS) is 15.8. The van der Waals surface area contributed by atoms with Crippen LogP contribution in [0.4, 0.5) is 11.4 Å². The minimum atomic E-state index is -0.561. The van der Waals surface area contributed by atoms with Gasteiger partial charge in [0.15, 0.2) is 0 Å². The SMILES string of the molecule is CCNCC1CCN(C(=O)c2ccc(N)c([N+](=O)[O-])c2)CC1. The maximum absolute atomic E-state index is 12.5. The van der Waals surface area contributed by atoms with Crippen molar-refractivity contribution in [2.75, 3.05) is 31.9 Å². The zero-order valence-corrected chi connectivity index (χ0v) is 12.7. The molecule has 22 heavy (non-hydrogen) atoms. The summed E-state index contributed by atoms with van der Waals surface area (Å²) in [5, 5.41) is 14.2. The first-order chi connectivity index (χ1) is 10.5. The van der Waals surface area contributed by atoms with Gasteiger partial charge in [0, 0.05) is 24.7 Å². The Morgan fingerprint density at radius 1 is 1.45 bits per heavy atom. The molecule has 1 aromatic rings. The van der Waals surface area contributed by atoms with Crippen molar-refractivity contribution in [2.45, 2.75) is 19.8 Å². The van der Waals surface area contributed by atoms with Crippen LogP contribution in [0.25, 0.3) is 0 Å². The van der Waals surface area contributed by atoms with Crippen molar-refractivity contribution >= 4 is 17.3 Å². The van der Waals surface area contributed by atoms with Crippen LogP contribution in [0.1, 0.15) is 30.1 Å². The standard InChI is InChI=1S/C15H22N4O3/c1-2-17-10-11-5-7-18(8-6-11)15(20)12-3-4-13(16)14(9-12)19(21)22/h3-4,9,11,17H,2,5-8,10,16H2,1H3. The van der Waals surface area contributed by atoms with Gasteiger partial charge in [-0.1, -0.05) is 6.92 Å². The fourth-order valence-corrected chi connectivity index (χ4v) is 2.71. The molecule has 120 valence electrons. The number of nitro benzene ring substituents is 1. The number of carbonyl (C=O) groups excluding carboxylic acids is 1. The third-order valence-corrected chi connectivity index (χ3v) is 4.06. The van der Waals surface area contributed by atoms with Gasteiger partial charge in [-0.25, -0.2) is 0 Å². The van der Waals surface area contributed by atoms with Gasteiger partial charge in [0.25, 0.3) is 11.6 Å². The molecule has 1 aliphatic rings. The Balaban J connectivity index is 2.01. The van der Waals surface area contributed by atoms with Gasteiger partial charge >= 0.3 is 0 Å². The average Bonchev–Trinajstić information content (AvgIpc) is 2.53. The number of piperidine rings is 1. The van der Waals surface area contributed by atoms with E-state index in [9.17, 15) is 14.9 Å². The summed E-state index contributed by atoms with van der Waals surface area (Å²) in [6.07, 6.45) is 1.91. The number of hydrogen-bond donors (Lipinski definition) is 2. The molecule has 2 rings (SSSR count). The van der Waals surface area contributed by atoms with Crippen molar-refractivity contribution in [1.82, 2.24) is 10.2 Å². The van der Waals surface area contributed by atoms with E-state index < -0.39 is 4.92 Å². The Hall–Kier alpha value is -2.15. The van der Waals surface area contributed by atoms with Crippen molar-refractivity contribution in [2.24, 2.45) is 5.92 Å². The summed E-state index contributed by atoms with van der Waals surface area (Å²) in [4.78, 5) is 24.6. The van der Waals surface area contributed by atoms with Gasteiger partial charge in [-0.2, -0.15) is 0 Å². The molecule has 0 atom stereocenters. The van der Waals surface area contributed by atoms with Crippen LogP contribution < -0.4 is 11.1 Å². The first-order valence-corrected chi connectivity index (χ1v) is 7.56. The first-order valence-electron chi connectivity index (χ1n) is 7.56. The van der Waals surface area contributed by atoms with Crippen LogP contribution in [0, 0.1) is 16.0 Å². The van der Waals surface area contributed by atoms with E-state index in [1.807, 2.05) is 0 Å². The largest absolute Gasteiger partial charge is 0.393 e. The Bertz CT molecular complexity index is 554. The predicted octanol–water partition coefficient (Wildman–Crippen LogP) is 1.64. The van der Waals surface area contributed by atoms with Crippen LogP contribution >= 0.6 is 0 Å². The van der Waals surface area contributed by atoms with Crippen molar-refractivity contribution in [3.63, 3.8) is 0 Å². The minimum Gasteiger partial charge on any atom is -0.393 e. The molecular weight excluding hydrogens is 284 g/mol. The molecule has 0 aromatic heterocycles. The third-order valence-electron chi connectivity index (χ3n) is 4.06. The summed E-state index contributed by atoms with van der Waals surface area (Å²) in [5.41, 5.74) is 5.75. The third kappa shape index (κ3) is 3.73. The molecule has 0 radical (unpaired) electrons. The fraction of sp³-hybridized carbons (Fsp3) is 0.533. The lowest BCUT2D eigenvalue weighted by molar-refractivity contribution is -0.383. The molecule has 7 nitrogen and oxygen atoms in total. The second-order valence-electron chi connectivity index (χ2n) is 5.57. The number of likely N-dealkylation sites (tertiary alicyclic amines) is 1. The first kappa shape index (κ1) is 16.2. The zero-order chi connectivity index (χ0) is 16.1. The molecule has 0 unspecified atom stereocenters. The summed E-state index contributed by atoms with van der Waals surface area (Å²) in [6.45, 7) is 5.38. The topological polar surface area (TPSA) is 102 Å². The Labute approximate surface area is 129 Å². The van der Waals surface area contributed by atoms with Crippen molar-refractivity contribution in [1.29, 1.82) is 0 Å². The Morgan fingerprint density at radius 2 is 2.14 bits per heavy atom. The van der Waals surface area contributed by atoms with E-state index >= 15 is 0 Å².